The first-order valence-corrected chi connectivity index (χ1v) is 7.02. The van der Waals surface area contributed by atoms with Gasteiger partial charge in [0.05, 0.1) is 0 Å². The molecule has 1 N–H and O–H groups in total. The molecule has 0 spiro atoms. The van der Waals surface area contributed by atoms with Crippen molar-refractivity contribution in [2.75, 3.05) is 13.1 Å². The van der Waals surface area contributed by atoms with Gasteiger partial charge in [-0.3, -0.25) is 14.5 Å². The van der Waals surface area contributed by atoms with E-state index >= 15 is 0 Å². The second-order valence-electron chi connectivity index (χ2n) is 5.56. The summed E-state index contributed by atoms with van der Waals surface area (Å²) in [5.41, 5.74) is 0. The molecule has 4 nitrogen and oxygen atoms in total. The van der Waals surface area contributed by atoms with Crippen molar-refractivity contribution < 1.29 is 9.59 Å². The SMILES string of the molecule is CC(=O)CC1CCCCN1CCC(=O)NC(C)C. The Labute approximate surface area is 110 Å². The Balaban J connectivity index is 2.37. The van der Waals surface area contributed by atoms with E-state index in [-0.39, 0.29) is 17.7 Å². The molecule has 18 heavy (non-hydrogen) atoms. The fourth-order valence-corrected chi connectivity index (χ4v) is 2.56. The van der Waals surface area contributed by atoms with Gasteiger partial charge in [-0.2, -0.15) is 0 Å². The number of ketones is 1. The number of nitrogens with one attached hydrogen (secondary N) is 1. The molecule has 4 heteroatoms. The Morgan fingerprint density at radius 3 is 2.67 bits per heavy atom. The van der Waals surface area contributed by atoms with Crippen LogP contribution in [0.2, 0.25) is 0 Å². The topological polar surface area (TPSA) is 49.4 Å². The Kier molecular flexibility index (Phi) is 6.33. The highest BCUT2D eigenvalue weighted by atomic mass is 16.1. The summed E-state index contributed by atoms with van der Waals surface area (Å²) < 4.78 is 0. The summed E-state index contributed by atoms with van der Waals surface area (Å²) in [5.74, 6) is 0.357. The minimum Gasteiger partial charge on any atom is -0.354 e. The molecule has 0 aromatic rings. The van der Waals surface area contributed by atoms with Gasteiger partial charge in [0.15, 0.2) is 0 Å². The lowest BCUT2D eigenvalue weighted by Crippen LogP contribution is -2.43. The third-order valence-corrected chi connectivity index (χ3v) is 3.35. The van der Waals surface area contributed by atoms with Gasteiger partial charge in [-0.1, -0.05) is 6.42 Å². The zero-order valence-corrected chi connectivity index (χ0v) is 11.9. The van der Waals surface area contributed by atoms with Crippen LogP contribution in [0, 0.1) is 0 Å². The van der Waals surface area contributed by atoms with Gasteiger partial charge in [0.2, 0.25) is 5.91 Å². The predicted octanol–water partition coefficient (Wildman–Crippen LogP) is 1.73. The van der Waals surface area contributed by atoms with Gasteiger partial charge in [-0.05, 0) is 40.2 Å². The highest BCUT2D eigenvalue weighted by Gasteiger charge is 2.23. The number of carbonyl (C=O) groups is 2. The summed E-state index contributed by atoms with van der Waals surface area (Å²) in [5, 5.41) is 2.91. The molecule has 1 heterocycles. The molecule has 0 bridgehead atoms. The van der Waals surface area contributed by atoms with Crippen LogP contribution in [-0.2, 0) is 9.59 Å². The standard InChI is InChI=1S/C14H26N2O2/c1-11(2)15-14(18)7-9-16-8-5-4-6-13(16)10-12(3)17/h11,13H,4-10H2,1-3H3,(H,15,18). The lowest BCUT2D eigenvalue weighted by molar-refractivity contribution is -0.122. The molecule has 1 unspecified atom stereocenters. The van der Waals surface area contributed by atoms with Crippen molar-refractivity contribution in [2.45, 2.75) is 65.0 Å². The second-order valence-corrected chi connectivity index (χ2v) is 5.56. The highest BCUT2D eigenvalue weighted by molar-refractivity contribution is 5.77. The molecule has 1 aliphatic heterocycles. The van der Waals surface area contributed by atoms with Crippen LogP contribution in [0.1, 0.15) is 52.9 Å². The summed E-state index contributed by atoms with van der Waals surface area (Å²) in [6, 6.07) is 0.551. The van der Waals surface area contributed by atoms with Gasteiger partial charge in [-0.15, -0.1) is 0 Å². The van der Waals surface area contributed by atoms with E-state index < -0.39 is 0 Å². The van der Waals surface area contributed by atoms with Crippen LogP contribution in [0.5, 0.6) is 0 Å². The van der Waals surface area contributed by atoms with E-state index in [2.05, 4.69) is 10.2 Å². The van der Waals surface area contributed by atoms with Gasteiger partial charge >= 0.3 is 0 Å². The third-order valence-electron chi connectivity index (χ3n) is 3.35. The average molecular weight is 254 g/mol. The zero-order valence-electron chi connectivity index (χ0n) is 11.9. The van der Waals surface area contributed by atoms with Gasteiger partial charge < -0.3 is 5.32 Å². The summed E-state index contributed by atoms with van der Waals surface area (Å²) >= 11 is 0. The van der Waals surface area contributed by atoms with Gasteiger partial charge in [-0.25, -0.2) is 0 Å². The van der Waals surface area contributed by atoms with Crippen LogP contribution in [-0.4, -0.2) is 41.8 Å². The molecule has 104 valence electrons. The van der Waals surface area contributed by atoms with Crippen LogP contribution in [0.15, 0.2) is 0 Å². The first-order valence-electron chi connectivity index (χ1n) is 7.02. The van der Waals surface area contributed by atoms with E-state index in [9.17, 15) is 9.59 Å². The molecule has 1 amide bonds. The minimum absolute atomic E-state index is 0.108. The van der Waals surface area contributed by atoms with Crippen LogP contribution in [0.3, 0.4) is 0 Å². The maximum atomic E-state index is 11.6. The summed E-state index contributed by atoms with van der Waals surface area (Å²) in [4.78, 5) is 25.2. The normalized spacial score (nSPS) is 21.0. The van der Waals surface area contributed by atoms with E-state index in [1.807, 2.05) is 13.8 Å². The van der Waals surface area contributed by atoms with Crippen molar-refractivity contribution in [1.82, 2.24) is 10.2 Å². The van der Waals surface area contributed by atoms with Crippen molar-refractivity contribution in [3.05, 3.63) is 0 Å². The van der Waals surface area contributed by atoms with Crippen LogP contribution < -0.4 is 5.32 Å². The number of hydrogen-bond donors (Lipinski definition) is 1. The fraction of sp³-hybridized carbons (Fsp3) is 0.857. The molecule has 0 radical (unpaired) electrons. The van der Waals surface area contributed by atoms with E-state index in [4.69, 9.17) is 0 Å². The van der Waals surface area contributed by atoms with Crippen molar-refractivity contribution in [3.63, 3.8) is 0 Å². The number of amides is 1. The minimum atomic E-state index is 0.108. The number of nitrogens with zero attached hydrogens (tertiary/aromatic N) is 1. The van der Waals surface area contributed by atoms with E-state index in [1.165, 1.54) is 12.8 Å². The van der Waals surface area contributed by atoms with Gasteiger partial charge in [0, 0.05) is 31.5 Å². The second kappa shape index (κ2) is 7.52. The lowest BCUT2D eigenvalue weighted by Gasteiger charge is -2.35. The Hall–Kier alpha value is -0.900. The number of Topliss-reactive ketones (excluding diaryl/α,β-unsaturated/α-hetero) is 1. The maximum Gasteiger partial charge on any atom is 0.221 e. The first-order chi connectivity index (χ1) is 8.49. The van der Waals surface area contributed by atoms with Crippen molar-refractivity contribution in [2.24, 2.45) is 0 Å². The molecule has 1 atom stereocenters. The number of piperidine rings is 1. The largest absolute Gasteiger partial charge is 0.354 e. The molecule has 1 aliphatic rings. The molecule has 0 aromatic carbocycles. The van der Waals surface area contributed by atoms with E-state index in [0.29, 0.717) is 18.9 Å². The van der Waals surface area contributed by atoms with Crippen LogP contribution in [0.25, 0.3) is 0 Å². The first kappa shape index (κ1) is 15.2. The smallest absolute Gasteiger partial charge is 0.221 e. The molecule has 1 saturated heterocycles. The molecular formula is C14H26N2O2. The average Bonchev–Trinajstić information content (AvgIpc) is 2.26. The monoisotopic (exact) mass is 254 g/mol. The van der Waals surface area contributed by atoms with Crippen molar-refractivity contribution in [3.8, 4) is 0 Å². The number of hydrogen-bond acceptors (Lipinski definition) is 3. The lowest BCUT2D eigenvalue weighted by atomic mass is 9.97. The molecule has 1 fully saturated rings. The summed E-state index contributed by atoms with van der Waals surface area (Å²) in [6.07, 6.45) is 4.64. The van der Waals surface area contributed by atoms with Crippen LogP contribution >= 0.6 is 0 Å². The fourth-order valence-electron chi connectivity index (χ4n) is 2.56. The quantitative estimate of drug-likeness (QED) is 0.785. The van der Waals surface area contributed by atoms with E-state index in [1.54, 1.807) is 6.92 Å². The molecule has 1 rings (SSSR count). The molecule has 0 aromatic heterocycles. The summed E-state index contributed by atoms with van der Waals surface area (Å²) in [7, 11) is 0. The number of carbonyl (C=O) groups excluding carboxylic acids is 2. The zero-order chi connectivity index (χ0) is 13.5. The molecule has 0 aliphatic carbocycles. The maximum absolute atomic E-state index is 11.6. The predicted molar refractivity (Wildman–Crippen MR) is 72.4 cm³/mol. The number of likely N-dealkylation sites (tertiary alicyclic amines) is 1. The van der Waals surface area contributed by atoms with Gasteiger partial charge in [0.1, 0.15) is 5.78 Å². The highest BCUT2D eigenvalue weighted by Crippen LogP contribution is 2.20. The molecule has 0 saturated carbocycles. The van der Waals surface area contributed by atoms with E-state index in [0.717, 1.165) is 19.5 Å². The Morgan fingerprint density at radius 1 is 1.33 bits per heavy atom. The Morgan fingerprint density at radius 2 is 2.06 bits per heavy atom. The van der Waals surface area contributed by atoms with Crippen molar-refractivity contribution >= 4 is 11.7 Å². The molecular weight excluding hydrogens is 228 g/mol. The number of rotatable bonds is 6. The van der Waals surface area contributed by atoms with Gasteiger partial charge in [0.25, 0.3) is 0 Å². The summed E-state index contributed by atoms with van der Waals surface area (Å²) in [6.45, 7) is 7.39. The Bertz CT molecular complexity index is 290. The third kappa shape index (κ3) is 5.63. The van der Waals surface area contributed by atoms with Crippen molar-refractivity contribution in [1.29, 1.82) is 0 Å². The van der Waals surface area contributed by atoms with Crippen LogP contribution in [0.4, 0.5) is 0 Å².